The average molecular weight is 293 g/mol. The first-order valence-electron chi connectivity index (χ1n) is 5.36. The molecule has 2 rings (SSSR count). The van der Waals surface area contributed by atoms with Crippen molar-refractivity contribution in [3.05, 3.63) is 63.0 Å². The lowest BCUT2D eigenvalue weighted by Gasteiger charge is -2.08. The fraction of sp³-hybridized carbons (Fsp3) is 0.154. The van der Waals surface area contributed by atoms with Crippen LogP contribution in [0.4, 0.5) is 5.69 Å². The molecule has 0 atom stereocenters. The second-order valence-electron chi connectivity index (χ2n) is 3.86. The number of hydrogen-bond donors (Lipinski definition) is 1. The molecule has 0 amide bonds. The van der Waals surface area contributed by atoms with Crippen molar-refractivity contribution in [3.63, 3.8) is 0 Å². The average Bonchev–Trinajstić information content (AvgIpc) is 2.34. The molecule has 2 aromatic rings. The predicted molar refractivity (Wildman–Crippen MR) is 73.0 cm³/mol. The van der Waals surface area contributed by atoms with E-state index in [1.807, 2.05) is 22.8 Å². The molecule has 2 N–H and O–H groups in total. The van der Waals surface area contributed by atoms with Crippen molar-refractivity contribution in [2.24, 2.45) is 0 Å². The molecule has 1 aromatic heterocycles. The Labute approximate surface area is 108 Å². The van der Waals surface area contributed by atoms with E-state index in [9.17, 15) is 4.79 Å². The molecule has 0 aliphatic carbocycles. The van der Waals surface area contributed by atoms with Crippen LogP contribution in [0.25, 0.3) is 0 Å². The molecule has 88 valence electrons. The third-order valence-corrected chi connectivity index (χ3v) is 3.13. The van der Waals surface area contributed by atoms with E-state index in [0.717, 1.165) is 13.0 Å². The highest BCUT2D eigenvalue weighted by molar-refractivity contribution is 9.10. The number of nitrogen functional groups attached to an aromatic ring is 1. The van der Waals surface area contributed by atoms with Crippen LogP contribution in [-0.4, -0.2) is 4.57 Å². The van der Waals surface area contributed by atoms with Gasteiger partial charge in [-0.2, -0.15) is 0 Å². The number of hydrogen-bond acceptors (Lipinski definition) is 2. The lowest BCUT2D eigenvalue weighted by molar-refractivity contribution is 0.689. The molecule has 0 bridgehead atoms. The Morgan fingerprint density at radius 2 is 1.88 bits per heavy atom. The molecule has 0 unspecified atom stereocenters. The molecule has 3 nitrogen and oxygen atoms in total. The molecule has 0 spiro atoms. The van der Waals surface area contributed by atoms with Crippen molar-refractivity contribution in [2.75, 3.05) is 5.73 Å². The molecule has 0 aliphatic heterocycles. The zero-order valence-electron chi connectivity index (χ0n) is 9.27. The molecule has 0 radical (unpaired) electrons. The Bertz CT molecular complexity index is 537. The van der Waals surface area contributed by atoms with Gasteiger partial charge in [0.05, 0.1) is 10.2 Å². The fourth-order valence-electron chi connectivity index (χ4n) is 1.65. The lowest BCUT2D eigenvalue weighted by atomic mass is 10.1. The smallest absolute Gasteiger partial charge is 0.218 e. The minimum Gasteiger partial charge on any atom is -0.394 e. The predicted octanol–water partition coefficient (Wildman–Crippen LogP) is 2.44. The molecule has 4 heteroatoms. The van der Waals surface area contributed by atoms with Crippen LogP contribution in [0.2, 0.25) is 0 Å². The summed E-state index contributed by atoms with van der Waals surface area (Å²) < 4.78 is 2.43. The van der Waals surface area contributed by atoms with Gasteiger partial charge >= 0.3 is 0 Å². The van der Waals surface area contributed by atoms with E-state index in [1.54, 1.807) is 12.4 Å². The number of rotatable bonds is 3. The summed E-state index contributed by atoms with van der Waals surface area (Å²) in [6, 6.07) is 10.2. The van der Waals surface area contributed by atoms with Crippen molar-refractivity contribution >= 4 is 21.6 Å². The van der Waals surface area contributed by atoms with Gasteiger partial charge in [-0.15, -0.1) is 0 Å². The van der Waals surface area contributed by atoms with E-state index in [4.69, 9.17) is 5.73 Å². The standard InChI is InChI=1S/C13H13BrN2O/c14-11-8-16(9-12(15)13(11)17)7-6-10-4-2-1-3-5-10/h1-5,8-9H,6-7,15H2. The quantitative estimate of drug-likeness (QED) is 0.945. The third kappa shape index (κ3) is 2.97. The second kappa shape index (κ2) is 5.19. The third-order valence-electron chi connectivity index (χ3n) is 2.56. The van der Waals surface area contributed by atoms with E-state index >= 15 is 0 Å². The summed E-state index contributed by atoms with van der Waals surface area (Å²) >= 11 is 3.21. The van der Waals surface area contributed by atoms with E-state index in [0.29, 0.717) is 4.47 Å². The van der Waals surface area contributed by atoms with Gasteiger partial charge in [0.15, 0.2) is 0 Å². The van der Waals surface area contributed by atoms with E-state index in [1.165, 1.54) is 5.56 Å². The first-order valence-corrected chi connectivity index (χ1v) is 6.15. The number of halogens is 1. The van der Waals surface area contributed by atoms with Crippen LogP contribution < -0.4 is 11.2 Å². The van der Waals surface area contributed by atoms with Crippen LogP contribution in [-0.2, 0) is 13.0 Å². The van der Waals surface area contributed by atoms with Gasteiger partial charge in [0.1, 0.15) is 0 Å². The zero-order valence-corrected chi connectivity index (χ0v) is 10.9. The minimum absolute atomic E-state index is 0.152. The van der Waals surface area contributed by atoms with Gasteiger partial charge < -0.3 is 10.3 Å². The van der Waals surface area contributed by atoms with Crippen LogP contribution in [0.1, 0.15) is 5.56 Å². The summed E-state index contributed by atoms with van der Waals surface area (Å²) in [5, 5.41) is 0. The summed E-state index contributed by atoms with van der Waals surface area (Å²) in [6.45, 7) is 0.799. The van der Waals surface area contributed by atoms with Crippen LogP contribution in [0, 0.1) is 0 Å². The summed E-state index contributed by atoms with van der Waals surface area (Å²) in [6.07, 6.45) is 4.35. The van der Waals surface area contributed by atoms with Crippen LogP contribution in [0.5, 0.6) is 0 Å². The number of aromatic nitrogens is 1. The molecule has 1 aromatic carbocycles. The molecule has 0 saturated heterocycles. The topological polar surface area (TPSA) is 48.0 Å². The maximum absolute atomic E-state index is 11.4. The SMILES string of the molecule is Nc1cn(CCc2ccccc2)cc(Br)c1=O. The van der Waals surface area contributed by atoms with Gasteiger partial charge in [0.25, 0.3) is 0 Å². The van der Waals surface area contributed by atoms with Crippen molar-refractivity contribution < 1.29 is 0 Å². The highest BCUT2D eigenvalue weighted by Gasteiger charge is 2.02. The number of benzene rings is 1. The summed E-state index contributed by atoms with van der Waals surface area (Å²) in [4.78, 5) is 11.4. The van der Waals surface area contributed by atoms with Crippen molar-refractivity contribution in [1.82, 2.24) is 4.57 Å². The molecular weight excluding hydrogens is 280 g/mol. The van der Waals surface area contributed by atoms with Crippen LogP contribution in [0.15, 0.2) is 52.0 Å². The maximum atomic E-state index is 11.4. The number of aryl methyl sites for hydroxylation is 2. The van der Waals surface area contributed by atoms with Crippen molar-refractivity contribution in [2.45, 2.75) is 13.0 Å². The van der Waals surface area contributed by atoms with Crippen molar-refractivity contribution in [3.8, 4) is 0 Å². The van der Waals surface area contributed by atoms with Gasteiger partial charge in [0, 0.05) is 18.9 Å². The molecule has 0 saturated carbocycles. The monoisotopic (exact) mass is 292 g/mol. The lowest BCUT2D eigenvalue weighted by Crippen LogP contribution is -2.13. The molecule has 17 heavy (non-hydrogen) atoms. The van der Waals surface area contributed by atoms with E-state index in [2.05, 4.69) is 28.1 Å². The molecule has 0 fully saturated rings. The number of nitrogens with zero attached hydrogens (tertiary/aromatic N) is 1. The highest BCUT2D eigenvalue weighted by atomic mass is 79.9. The van der Waals surface area contributed by atoms with E-state index in [-0.39, 0.29) is 11.1 Å². The Morgan fingerprint density at radius 3 is 2.53 bits per heavy atom. The van der Waals surface area contributed by atoms with Crippen LogP contribution >= 0.6 is 15.9 Å². The number of pyridine rings is 1. The molecular formula is C13H13BrN2O. The fourth-order valence-corrected chi connectivity index (χ4v) is 2.14. The normalized spacial score (nSPS) is 10.4. The Morgan fingerprint density at radius 1 is 1.18 bits per heavy atom. The Hall–Kier alpha value is -1.55. The minimum atomic E-state index is -0.152. The Kier molecular flexibility index (Phi) is 3.64. The molecule has 0 aliphatic rings. The second-order valence-corrected chi connectivity index (χ2v) is 4.72. The number of anilines is 1. The first kappa shape index (κ1) is 11.9. The largest absolute Gasteiger partial charge is 0.394 e. The summed E-state index contributed by atoms with van der Waals surface area (Å²) in [5.74, 6) is 0. The van der Waals surface area contributed by atoms with Gasteiger partial charge in [-0.05, 0) is 27.9 Å². The van der Waals surface area contributed by atoms with Gasteiger partial charge in [-0.1, -0.05) is 30.3 Å². The van der Waals surface area contributed by atoms with Crippen molar-refractivity contribution in [1.29, 1.82) is 0 Å². The first-order chi connectivity index (χ1) is 8.16. The van der Waals surface area contributed by atoms with Crippen LogP contribution in [0.3, 0.4) is 0 Å². The highest BCUT2D eigenvalue weighted by Crippen LogP contribution is 2.08. The summed E-state index contributed by atoms with van der Waals surface area (Å²) in [5.41, 5.74) is 7.01. The molecule has 1 heterocycles. The van der Waals surface area contributed by atoms with Gasteiger partial charge in [-0.3, -0.25) is 4.79 Å². The Balaban J connectivity index is 2.13. The summed E-state index contributed by atoms with van der Waals surface area (Å²) in [7, 11) is 0. The van der Waals surface area contributed by atoms with Gasteiger partial charge in [0.2, 0.25) is 5.43 Å². The van der Waals surface area contributed by atoms with Gasteiger partial charge in [-0.25, -0.2) is 0 Å². The maximum Gasteiger partial charge on any atom is 0.218 e. The van der Waals surface area contributed by atoms with E-state index < -0.39 is 0 Å². The zero-order chi connectivity index (χ0) is 12.3. The number of nitrogens with two attached hydrogens (primary N) is 1.